The Labute approximate surface area is 142 Å². The Kier molecular flexibility index (Phi) is 4.10. The molecule has 24 heavy (non-hydrogen) atoms. The lowest BCUT2D eigenvalue weighted by Crippen LogP contribution is -2.49. The summed E-state index contributed by atoms with van der Waals surface area (Å²) in [6, 6.07) is 12.5. The summed E-state index contributed by atoms with van der Waals surface area (Å²) in [5.74, 6) is 0.256. The highest BCUT2D eigenvalue weighted by molar-refractivity contribution is 5.88. The van der Waals surface area contributed by atoms with E-state index >= 15 is 0 Å². The number of hydrogen-bond acceptors (Lipinski definition) is 3. The maximum Gasteiger partial charge on any atom is 0.233 e. The molecule has 2 aliphatic heterocycles. The SMILES string of the molecule is O=C(N1CCC(n2cccn2)C1)C1(c2ccccc2)CCOCC1. The fourth-order valence-corrected chi connectivity index (χ4v) is 4.04. The lowest BCUT2D eigenvalue weighted by molar-refractivity contribution is -0.140. The third-order valence-corrected chi connectivity index (χ3v) is 5.43. The first-order valence-electron chi connectivity index (χ1n) is 8.71. The molecule has 1 amide bonds. The average molecular weight is 325 g/mol. The van der Waals surface area contributed by atoms with E-state index in [0.29, 0.717) is 13.2 Å². The lowest BCUT2D eigenvalue weighted by Gasteiger charge is -2.39. The van der Waals surface area contributed by atoms with Crippen molar-refractivity contribution in [2.45, 2.75) is 30.7 Å². The summed E-state index contributed by atoms with van der Waals surface area (Å²) in [5.41, 5.74) is 0.694. The molecule has 2 aromatic rings. The van der Waals surface area contributed by atoms with Crippen LogP contribution in [-0.4, -0.2) is 46.9 Å². The molecule has 0 saturated carbocycles. The van der Waals surface area contributed by atoms with Crippen molar-refractivity contribution in [1.82, 2.24) is 14.7 Å². The predicted molar refractivity (Wildman–Crippen MR) is 90.6 cm³/mol. The molecule has 0 radical (unpaired) electrons. The van der Waals surface area contributed by atoms with E-state index in [9.17, 15) is 4.79 Å². The number of carbonyl (C=O) groups excluding carboxylic acids is 1. The normalized spacial score (nSPS) is 23.3. The zero-order valence-corrected chi connectivity index (χ0v) is 13.8. The van der Waals surface area contributed by atoms with Crippen LogP contribution in [0, 0.1) is 0 Å². The zero-order valence-electron chi connectivity index (χ0n) is 13.8. The van der Waals surface area contributed by atoms with Crippen molar-refractivity contribution in [3.8, 4) is 0 Å². The number of ether oxygens (including phenoxy) is 1. The van der Waals surface area contributed by atoms with Gasteiger partial charge in [-0.15, -0.1) is 0 Å². The molecule has 2 aliphatic rings. The van der Waals surface area contributed by atoms with Gasteiger partial charge in [0.15, 0.2) is 0 Å². The van der Waals surface area contributed by atoms with Gasteiger partial charge in [0.2, 0.25) is 5.91 Å². The summed E-state index contributed by atoms with van der Waals surface area (Å²) in [4.78, 5) is 15.5. The van der Waals surface area contributed by atoms with Gasteiger partial charge in [-0.25, -0.2) is 0 Å². The second kappa shape index (κ2) is 6.40. The van der Waals surface area contributed by atoms with E-state index in [4.69, 9.17) is 4.74 Å². The van der Waals surface area contributed by atoms with Crippen LogP contribution >= 0.6 is 0 Å². The van der Waals surface area contributed by atoms with E-state index in [-0.39, 0.29) is 11.9 Å². The van der Waals surface area contributed by atoms with Crippen LogP contribution in [0.5, 0.6) is 0 Å². The van der Waals surface area contributed by atoms with Gasteiger partial charge in [0, 0.05) is 38.7 Å². The second-order valence-electron chi connectivity index (χ2n) is 6.74. The third-order valence-electron chi connectivity index (χ3n) is 5.43. The maximum atomic E-state index is 13.5. The van der Waals surface area contributed by atoms with E-state index in [1.54, 1.807) is 6.20 Å². The summed E-state index contributed by atoms with van der Waals surface area (Å²) >= 11 is 0. The monoisotopic (exact) mass is 325 g/mol. The Morgan fingerprint density at radius 3 is 2.67 bits per heavy atom. The van der Waals surface area contributed by atoms with E-state index in [1.165, 1.54) is 0 Å². The van der Waals surface area contributed by atoms with Gasteiger partial charge in [-0.05, 0) is 30.9 Å². The molecule has 0 aliphatic carbocycles. The van der Waals surface area contributed by atoms with Crippen molar-refractivity contribution >= 4 is 5.91 Å². The highest BCUT2D eigenvalue weighted by Crippen LogP contribution is 2.38. The minimum atomic E-state index is -0.432. The smallest absolute Gasteiger partial charge is 0.233 e. The van der Waals surface area contributed by atoms with Crippen molar-refractivity contribution in [1.29, 1.82) is 0 Å². The standard InChI is InChI=1S/C19H23N3O2/c23-18(21-12-7-17(15-21)22-11-4-10-20-22)19(8-13-24-14-9-19)16-5-2-1-3-6-16/h1-6,10-11,17H,7-9,12-15H2. The number of aromatic nitrogens is 2. The summed E-state index contributed by atoms with van der Waals surface area (Å²) in [7, 11) is 0. The van der Waals surface area contributed by atoms with E-state index in [1.807, 2.05) is 40.0 Å². The average Bonchev–Trinajstić information content (AvgIpc) is 3.34. The van der Waals surface area contributed by atoms with Gasteiger partial charge in [-0.2, -0.15) is 5.10 Å². The first kappa shape index (κ1) is 15.4. The van der Waals surface area contributed by atoms with Crippen molar-refractivity contribution in [3.05, 3.63) is 54.4 Å². The molecule has 2 fully saturated rings. The van der Waals surface area contributed by atoms with Crippen LogP contribution < -0.4 is 0 Å². The molecule has 1 unspecified atom stereocenters. The van der Waals surface area contributed by atoms with E-state index in [2.05, 4.69) is 17.2 Å². The number of carbonyl (C=O) groups is 1. The quantitative estimate of drug-likeness (QED) is 0.871. The van der Waals surface area contributed by atoms with Crippen LogP contribution in [0.2, 0.25) is 0 Å². The minimum Gasteiger partial charge on any atom is -0.381 e. The molecule has 0 spiro atoms. The van der Waals surface area contributed by atoms with E-state index < -0.39 is 5.41 Å². The lowest BCUT2D eigenvalue weighted by atomic mass is 9.73. The molecule has 5 nitrogen and oxygen atoms in total. The van der Waals surface area contributed by atoms with Crippen LogP contribution in [0.4, 0.5) is 0 Å². The number of benzene rings is 1. The highest BCUT2D eigenvalue weighted by atomic mass is 16.5. The molecule has 5 heteroatoms. The Balaban J connectivity index is 1.58. The molecule has 1 aromatic carbocycles. The van der Waals surface area contributed by atoms with Crippen molar-refractivity contribution in [3.63, 3.8) is 0 Å². The van der Waals surface area contributed by atoms with Gasteiger partial charge < -0.3 is 9.64 Å². The fourth-order valence-electron chi connectivity index (χ4n) is 4.04. The molecular weight excluding hydrogens is 302 g/mol. The van der Waals surface area contributed by atoms with E-state index in [0.717, 1.165) is 37.9 Å². The van der Waals surface area contributed by atoms with Gasteiger partial charge >= 0.3 is 0 Å². The van der Waals surface area contributed by atoms with Crippen LogP contribution in [0.1, 0.15) is 30.9 Å². The van der Waals surface area contributed by atoms with Gasteiger partial charge in [0.25, 0.3) is 0 Å². The molecule has 3 heterocycles. The summed E-state index contributed by atoms with van der Waals surface area (Å²) in [6.07, 6.45) is 6.28. The molecule has 0 N–H and O–H groups in total. The molecule has 1 atom stereocenters. The van der Waals surface area contributed by atoms with Gasteiger partial charge in [0.05, 0.1) is 11.5 Å². The largest absolute Gasteiger partial charge is 0.381 e. The molecule has 2 saturated heterocycles. The summed E-state index contributed by atoms with van der Waals surface area (Å²) < 4.78 is 7.53. The molecular formula is C19H23N3O2. The first-order valence-corrected chi connectivity index (χ1v) is 8.71. The predicted octanol–water partition coefficient (Wildman–Crippen LogP) is 2.40. The summed E-state index contributed by atoms with van der Waals surface area (Å²) in [5, 5.41) is 4.34. The van der Waals surface area contributed by atoms with Crippen LogP contribution in [-0.2, 0) is 14.9 Å². The molecule has 4 rings (SSSR count). The number of nitrogens with zero attached hydrogens (tertiary/aromatic N) is 3. The number of amides is 1. The van der Waals surface area contributed by atoms with Crippen LogP contribution in [0.3, 0.4) is 0 Å². The van der Waals surface area contributed by atoms with Crippen molar-refractivity contribution in [2.75, 3.05) is 26.3 Å². The molecule has 1 aromatic heterocycles. The Morgan fingerprint density at radius 2 is 1.96 bits per heavy atom. The Bertz CT molecular complexity index is 678. The fraction of sp³-hybridized carbons (Fsp3) is 0.474. The van der Waals surface area contributed by atoms with Crippen molar-refractivity contribution < 1.29 is 9.53 Å². The Hall–Kier alpha value is -2.14. The topological polar surface area (TPSA) is 47.4 Å². The zero-order chi connectivity index (χ0) is 16.4. The first-order chi connectivity index (χ1) is 11.8. The summed E-state index contributed by atoms with van der Waals surface area (Å²) in [6.45, 7) is 2.85. The Morgan fingerprint density at radius 1 is 1.17 bits per heavy atom. The van der Waals surface area contributed by atoms with Crippen LogP contribution in [0.25, 0.3) is 0 Å². The van der Waals surface area contributed by atoms with Gasteiger partial charge in [-0.1, -0.05) is 30.3 Å². The minimum absolute atomic E-state index is 0.256. The maximum absolute atomic E-state index is 13.5. The molecule has 126 valence electrons. The van der Waals surface area contributed by atoms with Crippen LogP contribution in [0.15, 0.2) is 48.8 Å². The van der Waals surface area contributed by atoms with Gasteiger partial charge in [0.1, 0.15) is 0 Å². The highest BCUT2D eigenvalue weighted by Gasteiger charge is 2.45. The number of rotatable bonds is 3. The van der Waals surface area contributed by atoms with Gasteiger partial charge in [-0.3, -0.25) is 9.48 Å². The van der Waals surface area contributed by atoms with Crippen molar-refractivity contribution in [2.24, 2.45) is 0 Å². The molecule has 0 bridgehead atoms. The second-order valence-corrected chi connectivity index (χ2v) is 6.74. The number of hydrogen-bond donors (Lipinski definition) is 0. The number of likely N-dealkylation sites (tertiary alicyclic amines) is 1. The third kappa shape index (κ3) is 2.63.